The highest BCUT2D eigenvalue weighted by Crippen LogP contribution is 2.38. The zero-order chi connectivity index (χ0) is 11.8. The summed E-state index contributed by atoms with van der Waals surface area (Å²) in [6.45, 7) is 2.10. The van der Waals surface area contributed by atoms with Gasteiger partial charge in [0.05, 0.1) is 10.6 Å². The first kappa shape index (κ1) is 11.3. The highest BCUT2D eigenvalue weighted by atomic mass is 32.2. The molecule has 1 unspecified atom stereocenters. The number of fused-ring (bicyclic) bond motifs is 1. The largest absolute Gasteiger partial charge is 0.309 e. The Kier molecular flexibility index (Phi) is 2.96. The minimum Gasteiger partial charge on any atom is -0.309 e. The van der Waals surface area contributed by atoms with E-state index in [1.54, 1.807) is 11.3 Å². The Morgan fingerprint density at radius 2 is 2.47 bits per heavy atom. The summed E-state index contributed by atoms with van der Waals surface area (Å²) < 4.78 is 0. The summed E-state index contributed by atoms with van der Waals surface area (Å²) in [5.74, 6) is 2.05. The molecule has 3 rings (SSSR count). The van der Waals surface area contributed by atoms with Gasteiger partial charge in [0.1, 0.15) is 10.7 Å². The predicted octanol–water partition coefficient (Wildman–Crippen LogP) is 3.12. The number of nitrogens with zero attached hydrogens (tertiary/aromatic N) is 1. The van der Waals surface area contributed by atoms with Crippen molar-refractivity contribution in [2.75, 3.05) is 5.75 Å². The van der Waals surface area contributed by atoms with Crippen LogP contribution >= 0.6 is 23.1 Å². The fraction of sp³-hybridized carbons (Fsp3) is 0.500. The highest BCUT2D eigenvalue weighted by Gasteiger charge is 2.21. The third-order valence-corrected chi connectivity index (χ3v) is 5.61. The van der Waals surface area contributed by atoms with E-state index >= 15 is 0 Å². The van der Waals surface area contributed by atoms with E-state index < -0.39 is 0 Å². The number of H-pyrrole nitrogens is 1. The fourth-order valence-electron chi connectivity index (χ4n) is 2.12. The van der Waals surface area contributed by atoms with Gasteiger partial charge in [-0.2, -0.15) is 11.8 Å². The molecule has 2 aromatic rings. The van der Waals surface area contributed by atoms with Crippen LogP contribution in [0.5, 0.6) is 0 Å². The SMILES string of the molecule is CCc1cc2c(=O)[nH]c(C3CCCS3)nc2s1. The first-order chi connectivity index (χ1) is 8.28. The van der Waals surface area contributed by atoms with Crippen LogP contribution in [0.4, 0.5) is 0 Å². The number of thiophene rings is 1. The number of nitrogens with one attached hydrogen (secondary N) is 1. The number of hydrogen-bond donors (Lipinski definition) is 1. The molecule has 5 heteroatoms. The van der Waals surface area contributed by atoms with E-state index in [-0.39, 0.29) is 5.56 Å². The van der Waals surface area contributed by atoms with Crippen LogP contribution in [0.3, 0.4) is 0 Å². The van der Waals surface area contributed by atoms with Crippen LogP contribution in [-0.4, -0.2) is 15.7 Å². The van der Waals surface area contributed by atoms with Crippen LogP contribution in [0.2, 0.25) is 0 Å². The number of aromatic nitrogens is 2. The number of thioether (sulfide) groups is 1. The van der Waals surface area contributed by atoms with Crippen molar-refractivity contribution in [3.63, 3.8) is 0 Å². The van der Waals surface area contributed by atoms with Gasteiger partial charge in [-0.25, -0.2) is 4.98 Å². The molecule has 1 fully saturated rings. The standard InChI is InChI=1S/C12H14N2OS2/c1-2-7-6-8-11(15)13-10(14-12(8)17-7)9-4-3-5-16-9/h6,9H,2-5H2,1H3,(H,13,14,15). The third kappa shape index (κ3) is 2.02. The molecule has 1 atom stereocenters. The Hall–Kier alpha value is -0.810. The van der Waals surface area contributed by atoms with Crippen molar-refractivity contribution in [1.29, 1.82) is 0 Å². The summed E-state index contributed by atoms with van der Waals surface area (Å²) in [6, 6.07) is 1.97. The Bertz CT molecular complexity index is 596. The Morgan fingerprint density at radius 1 is 1.59 bits per heavy atom. The van der Waals surface area contributed by atoms with Gasteiger partial charge in [0, 0.05) is 4.88 Å². The highest BCUT2D eigenvalue weighted by molar-refractivity contribution is 7.99. The molecule has 90 valence electrons. The quantitative estimate of drug-likeness (QED) is 0.908. The molecule has 17 heavy (non-hydrogen) atoms. The lowest BCUT2D eigenvalue weighted by Crippen LogP contribution is -2.11. The molecule has 3 nitrogen and oxygen atoms in total. The van der Waals surface area contributed by atoms with Gasteiger partial charge in [0.15, 0.2) is 0 Å². The van der Waals surface area contributed by atoms with Crippen molar-refractivity contribution < 1.29 is 0 Å². The zero-order valence-corrected chi connectivity index (χ0v) is 11.3. The lowest BCUT2D eigenvalue weighted by atomic mass is 10.2. The van der Waals surface area contributed by atoms with Crippen LogP contribution in [0.1, 0.15) is 35.7 Å². The molecule has 1 N–H and O–H groups in total. The molecule has 0 spiro atoms. The maximum Gasteiger partial charge on any atom is 0.259 e. The number of aromatic amines is 1. The molecule has 2 aromatic heterocycles. The van der Waals surface area contributed by atoms with E-state index in [0.29, 0.717) is 5.25 Å². The molecule has 0 aliphatic carbocycles. The topological polar surface area (TPSA) is 45.8 Å². The third-order valence-electron chi connectivity index (χ3n) is 3.05. The molecule has 0 aromatic carbocycles. The lowest BCUT2D eigenvalue weighted by Gasteiger charge is -2.06. The fourth-order valence-corrected chi connectivity index (χ4v) is 4.31. The van der Waals surface area contributed by atoms with Crippen molar-refractivity contribution in [3.05, 3.63) is 27.1 Å². The van der Waals surface area contributed by atoms with Crippen LogP contribution in [-0.2, 0) is 6.42 Å². The van der Waals surface area contributed by atoms with Crippen LogP contribution in [0.25, 0.3) is 10.2 Å². The summed E-state index contributed by atoms with van der Waals surface area (Å²) in [6.07, 6.45) is 3.32. The van der Waals surface area contributed by atoms with Crippen LogP contribution in [0.15, 0.2) is 10.9 Å². The van der Waals surface area contributed by atoms with Crippen molar-refractivity contribution in [2.45, 2.75) is 31.4 Å². The van der Waals surface area contributed by atoms with E-state index in [2.05, 4.69) is 16.9 Å². The second kappa shape index (κ2) is 4.46. The van der Waals surface area contributed by atoms with Crippen molar-refractivity contribution >= 4 is 33.3 Å². The zero-order valence-electron chi connectivity index (χ0n) is 9.66. The van der Waals surface area contributed by atoms with Crippen LogP contribution in [0, 0.1) is 0 Å². The van der Waals surface area contributed by atoms with E-state index in [4.69, 9.17) is 0 Å². The molecule has 1 aliphatic heterocycles. The van der Waals surface area contributed by atoms with Crippen molar-refractivity contribution in [1.82, 2.24) is 9.97 Å². The summed E-state index contributed by atoms with van der Waals surface area (Å²) in [5.41, 5.74) is 0.0217. The molecule has 1 saturated heterocycles. The van der Waals surface area contributed by atoms with Gasteiger partial charge in [-0.15, -0.1) is 11.3 Å². The van der Waals surface area contributed by atoms with Gasteiger partial charge < -0.3 is 4.98 Å². The Labute approximate surface area is 108 Å². The van der Waals surface area contributed by atoms with E-state index in [1.165, 1.54) is 17.1 Å². The maximum absolute atomic E-state index is 12.0. The lowest BCUT2D eigenvalue weighted by molar-refractivity contribution is 0.779. The van der Waals surface area contributed by atoms with Gasteiger partial charge in [-0.05, 0) is 31.1 Å². The molecular formula is C12H14N2OS2. The molecule has 0 amide bonds. The van der Waals surface area contributed by atoms with Gasteiger partial charge >= 0.3 is 0 Å². The number of hydrogen-bond acceptors (Lipinski definition) is 4. The van der Waals surface area contributed by atoms with Crippen LogP contribution < -0.4 is 5.56 Å². The molecule has 1 aliphatic rings. The maximum atomic E-state index is 12.0. The summed E-state index contributed by atoms with van der Waals surface area (Å²) in [7, 11) is 0. The molecular weight excluding hydrogens is 252 g/mol. The first-order valence-electron chi connectivity index (χ1n) is 5.92. The Balaban J connectivity index is 2.12. The summed E-state index contributed by atoms with van der Waals surface area (Å²) in [4.78, 5) is 21.7. The van der Waals surface area contributed by atoms with Crippen molar-refractivity contribution in [2.24, 2.45) is 0 Å². The number of rotatable bonds is 2. The minimum atomic E-state index is 0.0217. The second-order valence-electron chi connectivity index (χ2n) is 4.24. The molecule has 0 bridgehead atoms. The molecule has 0 radical (unpaired) electrons. The monoisotopic (exact) mass is 266 g/mol. The van der Waals surface area contributed by atoms with E-state index in [9.17, 15) is 4.79 Å². The minimum absolute atomic E-state index is 0.0217. The first-order valence-corrected chi connectivity index (χ1v) is 7.78. The second-order valence-corrected chi connectivity index (χ2v) is 6.66. The van der Waals surface area contributed by atoms with E-state index in [0.717, 1.165) is 28.9 Å². The van der Waals surface area contributed by atoms with Gasteiger partial charge in [0.2, 0.25) is 0 Å². The predicted molar refractivity (Wildman–Crippen MR) is 74.1 cm³/mol. The van der Waals surface area contributed by atoms with Crippen molar-refractivity contribution in [3.8, 4) is 0 Å². The number of aryl methyl sites for hydroxylation is 1. The summed E-state index contributed by atoms with van der Waals surface area (Å²) >= 11 is 3.54. The molecule has 0 saturated carbocycles. The smallest absolute Gasteiger partial charge is 0.259 e. The Morgan fingerprint density at radius 3 is 3.18 bits per heavy atom. The van der Waals surface area contributed by atoms with Gasteiger partial charge in [0.25, 0.3) is 5.56 Å². The van der Waals surface area contributed by atoms with Gasteiger partial charge in [-0.1, -0.05) is 6.92 Å². The average Bonchev–Trinajstić information content (AvgIpc) is 2.97. The normalized spacial score (nSPS) is 20.2. The van der Waals surface area contributed by atoms with Gasteiger partial charge in [-0.3, -0.25) is 4.79 Å². The average molecular weight is 266 g/mol. The summed E-state index contributed by atoms with van der Waals surface area (Å²) in [5, 5.41) is 1.14. The molecule has 3 heterocycles. The van der Waals surface area contributed by atoms with E-state index in [1.807, 2.05) is 17.8 Å².